The molecule has 0 bridgehead atoms. The summed E-state index contributed by atoms with van der Waals surface area (Å²) in [5, 5.41) is 24.4. The predicted octanol–water partition coefficient (Wildman–Crippen LogP) is 23.6. The summed E-state index contributed by atoms with van der Waals surface area (Å²) in [5.74, 6) is 1.34. The third-order valence-corrected chi connectivity index (χ3v) is 20.6. The largest absolute Gasteiger partial charge is 0.458 e. The summed E-state index contributed by atoms with van der Waals surface area (Å²) in [6.45, 7) is 33.4. The first kappa shape index (κ1) is 59.9. The molecule has 0 atom stereocenters. The quantitative estimate of drug-likeness (QED) is 0.135. The van der Waals surface area contributed by atoms with E-state index in [1.807, 2.05) is 54.6 Å². The second-order valence-electron chi connectivity index (χ2n) is 32.6. The summed E-state index contributed by atoms with van der Waals surface area (Å²) in [6, 6.07) is 79.3. The maximum Gasteiger partial charge on any atom is 0.256 e. The Bertz CT molecular complexity index is 5760. The molecule has 0 aliphatic carbocycles. The number of hydrogen-bond donors (Lipinski definition) is 0. The van der Waals surface area contributed by atoms with Crippen LogP contribution in [-0.2, 0) is 27.1 Å². The highest BCUT2D eigenvalue weighted by Gasteiger charge is 2.44. The Balaban J connectivity index is 1.01. The molecule has 15 rings (SSSR count). The van der Waals surface area contributed by atoms with Crippen molar-refractivity contribution >= 4 is 79.0 Å². The molecule has 2 aliphatic rings. The molecule has 0 saturated carbocycles. The lowest BCUT2D eigenvalue weighted by atomic mass is 9.34. The molecule has 101 heavy (non-hydrogen) atoms. The van der Waals surface area contributed by atoms with Crippen LogP contribution in [0.25, 0.3) is 72.0 Å². The molecule has 0 saturated heterocycles. The molecule has 0 fully saturated rings. The fraction of sp³-hybridized carbons (Fsp3) is 0.213. The Hall–Kier alpha value is -11.1. The number of anilines is 6. The van der Waals surface area contributed by atoms with E-state index in [1.165, 1.54) is 33.0 Å². The van der Waals surface area contributed by atoms with Crippen LogP contribution >= 0.6 is 0 Å². The van der Waals surface area contributed by atoms with Crippen molar-refractivity contribution in [1.29, 1.82) is 10.5 Å². The van der Waals surface area contributed by atoms with Gasteiger partial charge < -0.3 is 19.1 Å². The van der Waals surface area contributed by atoms with E-state index in [4.69, 9.17) is 8.85 Å². The van der Waals surface area contributed by atoms with E-state index in [-0.39, 0.29) is 44.8 Å². The number of aromatic nitrogens is 1. The van der Waals surface area contributed by atoms with Crippen LogP contribution in [-0.4, -0.2) is 11.3 Å². The Kier molecular flexibility index (Phi) is 14.4. The van der Waals surface area contributed by atoms with Crippen molar-refractivity contribution in [2.45, 2.75) is 131 Å². The van der Waals surface area contributed by atoms with E-state index in [0.29, 0.717) is 45.1 Å². The maximum atomic E-state index is 11.2. The van der Waals surface area contributed by atoms with E-state index in [0.717, 1.165) is 89.1 Å². The van der Waals surface area contributed by atoms with Crippen LogP contribution in [0.4, 0.5) is 34.1 Å². The molecule has 13 aromatic rings. The van der Waals surface area contributed by atoms with Gasteiger partial charge >= 0.3 is 0 Å². The third kappa shape index (κ3) is 11.9. The summed E-state index contributed by atoms with van der Waals surface area (Å²) in [4.78, 5) is 4.13. The molecular formula is C94H86BN5O. The number of rotatable bonds is 9. The first-order chi connectivity index (χ1) is 50.2. The summed E-state index contributed by atoms with van der Waals surface area (Å²) in [5.41, 5.74) is 22.8. The van der Waals surface area contributed by atoms with Gasteiger partial charge in [0, 0.05) is 55.9 Å². The van der Waals surface area contributed by atoms with E-state index in [2.05, 4.69) is 283 Å². The monoisotopic (exact) mass is 1320 g/mol. The summed E-state index contributed by atoms with van der Waals surface area (Å²) >= 11 is 0. The van der Waals surface area contributed by atoms with E-state index >= 15 is 0 Å². The van der Waals surface area contributed by atoms with Crippen molar-refractivity contribution in [2.24, 2.45) is 0 Å². The number of hydrogen-bond acceptors (Lipinski definition) is 5. The van der Waals surface area contributed by atoms with Crippen LogP contribution in [0, 0.1) is 22.7 Å². The number of benzene rings is 12. The molecular weight excluding hydrogens is 1230 g/mol. The number of para-hydroxylation sites is 2. The van der Waals surface area contributed by atoms with Crippen molar-refractivity contribution in [3.8, 4) is 73.8 Å². The van der Waals surface area contributed by atoms with Crippen molar-refractivity contribution < 1.29 is 11.6 Å². The van der Waals surface area contributed by atoms with Gasteiger partial charge in [-0.05, 0) is 220 Å². The fourth-order valence-electron chi connectivity index (χ4n) is 14.8. The van der Waals surface area contributed by atoms with Gasteiger partial charge in [-0.2, -0.15) is 10.5 Å². The zero-order chi connectivity index (χ0) is 75.2. The van der Waals surface area contributed by atoms with Gasteiger partial charge in [0.15, 0.2) is 0 Å². The normalized spacial score (nSPS) is 13.6. The average Bonchev–Trinajstić information content (AvgIpc) is 0.875. The molecule has 3 heterocycles. The second-order valence-corrected chi connectivity index (χ2v) is 32.6. The first-order valence-electron chi connectivity index (χ1n) is 37.6. The van der Waals surface area contributed by atoms with Crippen molar-refractivity contribution in [2.75, 3.05) is 9.80 Å². The Morgan fingerprint density at radius 2 is 0.950 bits per heavy atom. The molecule has 0 spiro atoms. The second kappa shape index (κ2) is 24.4. The van der Waals surface area contributed by atoms with Crippen LogP contribution in [0.1, 0.15) is 150 Å². The highest BCUT2D eigenvalue weighted by atomic mass is 16.5. The number of nitrogens with zero attached hydrogens (tertiary/aromatic N) is 5. The number of nitriles is 2. The van der Waals surface area contributed by atoms with Crippen LogP contribution in [0.15, 0.2) is 249 Å². The first-order valence-corrected chi connectivity index (χ1v) is 35.1. The Labute approximate surface area is 604 Å². The van der Waals surface area contributed by atoms with Gasteiger partial charge in [-0.3, -0.25) is 0 Å². The zero-order valence-corrected chi connectivity index (χ0v) is 60.5. The molecule has 0 unspecified atom stereocenters. The predicted molar refractivity (Wildman–Crippen MR) is 426 cm³/mol. The van der Waals surface area contributed by atoms with Gasteiger partial charge in [0.1, 0.15) is 11.5 Å². The molecule has 0 radical (unpaired) electrons. The summed E-state index contributed by atoms with van der Waals surface area (Å²) < 4.78 is 55.6. The van der Waals surface area contributed by atoms with Gasteiger partial charge in [-0.25, -0.2) is 0 Å². The van der Waals surface area contributed by atoms with Gasteiger partial charge in [0.2, 0.25) is 0 Å². The molecule has 6 nitrogen and oxygen atoms in total. The number of ether oxygens (including phenoxy) is 1. The van der Waals surface area contributed by atoms with Crippen LogP contribution in [0.5, 0.6) is 11.5 Å². The van der Waals surface area contributed by atoms with Crippen molar-refractivity contribution in [3.63, 3.8) is 0 Å². The fourth-order valence-corrected chi connectivity index (χ4v) is 14.8. The zero-order valence-electron chi connectivity index (χ0n) is 65.5. The van der Waals surface area contributed by atoms with Crippen LogP contribution in [0.3, 0.4) is 0 Å². The minimum atomic E-state index is -0.498. The molecule has 496 valence electrons. The lowest BCUT2D eigenvalue weighted by molar-refractivity contribution is 0.488. The smallest absolute Gasteiger partial charge is 0.256 e. The SMILES string of the molecule is [2H]c1c([2H])c([2H])c(N(c2ccccc2)c2ccc(C#N)cc2-c2ccc3c(c2)N(c2ccc(C(C)(C)C)cc2-c2ccccc2)c2cc(-c4cc(C(C)(C)C)cc(C(C)(C)C)c4)cc4c2B3c2ccc(-c3cc(-n5c6ccc(C(C)(C)C)cc6c6cc(C(C)(C)C)ccc65)ccc3C#N)cc2O4)c([2H])c1[2H]. The van der Waals surface area contributed by atoms with E-state index in [1.54, 1.807) is 11.0 Å². The van der Waals surface area contributed by atoms with Gasteiger partial charge in [-0.15, -0.1) is 0 Å². The van der Waals surface area contributed by atoms with Crippen LogP contribution in [0.2, 0.25) is 0 Å². The highest BCUT2D eigenvalue weighted by molar-refractivity contribution is 6.99. The maximum absolute atomic E-state index is 11.2. The third-order valence-electron chi connectivity index (χ3n) is 20.6. The van der Waals surface area contributed by atoms with Gasteiger partial charge in [-0.1, -0.05) is 231 Å². The molecule has 7 heteroatoms. The summed E-state index contributed by atoms with van der Waals surface area (Å²) in [7, 11) is 0. The molecule has 0 N–H and O–H groups in total. The van der Waals surface area contributed by atoms with E-state index in [9.17, 15) is 13.3 Å². The average molecular weight is 1320 g/mol. The van der Waals surface area contributed by atoms with Crippen molar-refractivity contribution in [1.82, 2.24) is 4.57 Å². The molecule has 2 aliphatic heterocycles. The van der Waals surface area contributed by atoms with Gasteiger partial charge in [0.25, 0.3) is 6.71 Å². The highest BCUT2D eigenvalue weighted by Crippen LogP contribution is 2.51. The Morgan fingerprint density at radius 3 is 1.55 bits per heavy atom. The van der Waals surface area contributed by atoms with Crippen molar-refractivity contribution in [3.05, 3.63) is 288 Å². The van der Waals surface area contributed by atoms with E-state index < -0.39 is 24.8 Å². The number of fused-ring (bicyclic) bond motifs is 7. The molecule has 12 aromatic carbocycles. The van der Waals surface area contributed by atoms with Crippen LogP contribution < -0.4 is 30.9 Å². The molecule has 0 amide bonds. The Morgan fingerprint density at radius 1 is 0.396 bits per heavy atom. The molecule has 1 aromatic heterocycles. The summed E-state index contributed by atoms with van der Waals surface area (Å²) in [6.07, 6.45) is 0. The standard InChI is InChI=1S/C94H86BN5O/c1-90(2,3)66-35-42-82(76(53-66)60-25-19-16-20-26-60)100-85-48-61(75-45-59(57-96)31-41-81(75)98(71-27-21-17-22-28-71)72-29-23-18-24-30-72)33-39-79(85)95-80-40-34-62(50-87(80)101-88-51-65(49-86(100)89(88)95)64-46-69(93(10,11)12)52-70(47-64)94(13,14)15)74-56-73(38-32-63(74)58-97)99-83-43-36-67(91(4,5)6)54-77(83)78-55-68(92(7,8)9)37-44-84(78)99/h16-56H,1-15H3/i17D,21D,22D,27D,28D. The minimum absolute atomic E-state index is 0.0313. The lowest BCUT2D eigenvalue weighted by Crippen LogP contribution is -2.59. The topological polar surface area (TPSA) is 68.2 Å². The lowest BCUT2D eigenvalue weighted by Gasteiger charge is -2.41. The van der Waals surface area contributed by atoms with Gasteiger partial charge in [0.05, 0.1) is 52.5 Å². The minimum Gasteiger partial charge on any atom is -0.458 e.